The van der Waals surface area contributed by atoms with E-state index in [1.54, 1.807) is 0 Å². The molecule has 1 aromatic heterocycles. The number of nitrogens with zero attached hydrogens (tertiary/aromatic N) is 3. The van der Waals surface area contributed by atoms with Crippen molar-refractivity contribution in [2.75, 3.05) is 18.4 Å². The van der Waals surface area contributed by atoms with Crippen LogP contribution in [0.1, 0.15) is 31.0 Å². The molecule has 0 bridgehead atoms. The summed E-state index contributed by atoms with van der Waals surface area (Å²) >= 11 is 0. The summed E-state index contributed by atoms with van der Waals surface area (Å²) in [5.74, 6) is 0. The van der Waals surface area contributed by atoms with Crippen LogP contribution in [0.5, 0.6) is 0 Å². The lowest BCUT2D eigenvalue weighted by Gasteiger charge is -2.15. The van der Waals surface area contributed by atoms with E-state index >= 15 is 0 Å². The van der Waals surface area contributed by atoms with Crippen LogP contribution in [0.15, 0.2) is 36.8 Å². The minimum Gasteiger partial charge on any atom is -0.379 e. The normalized spacial score (nSPS) is 15.5. The zero-order valence-electron chi connectivity index (χ0n) is 12.8. The van der Waals surface area contributed by atoms with Gasteiger partial charge in [-0.1, -0.05) is 12.1 Å². The van der Waals surface area contributed by atoms with Crippen LogP contribution >= 0.6 is 0 Å². The molecule has 1 N–H and O–H groups in total. The zero-order valence-corrected chi connectivity index (χ0v) is 12.8. The Bertz CT molecular complexity index is 552. The highest BCUT2D eigenvalue weighted by molar-refractivity contribution is 5.44. The van der Waals surface area contributed by atoms with E-state index in [1.807, 2.05) is 12.5 Å². The standard InChI is InChI=1S/C17H24N4/c1-2-21-14-18-11-17(21)12-19-16-7-5-15(6-8-16)13-20-9-3-4-10-20/h5-8,11,14,19H,2-4,9-10,12-13H2,1H3. The van der Waals surface area contributed by atoms with Crippen molar-refractivity contribution < 1.29 is 0 Å². The molecule has 4 heteroatoms. The van der Waals surface area contributed by atoms with Gasteiger partial charge in [0.15, 0.2) is 0 Å². The molecular formula is C17H24N4. The Morgan fingerprint density at radius 2 is 1.90 bits per heavy atom. The second-order valence-electron chi connectivity index (χ2n) is 5.70. The number of likely N-dealkylation sites (tertiary alicyclic amines) is 1. The molecule has 21 heavy (non-hydrogen) atoms. The van der Waals surface area contributed by atoms with Gasteiger partial charge in [-0.3, -0.25) is 4.90 Å². The number of aromatic nitrogens is 2. The molecule has 1 fully saturated rings. The van der Waals surface area contributed by atoms with Gasteiger partial charge >= 0.3 is 0 Å². The van der Waals surface area contributed by atoms with Crippen molar-refractivity contribution in [1.82, 2.24) is 14.5 Å². The fraction of sp³-hybridized carbons (Fsp3) is 0.471. The Labute approximate surface area is 126 Å². The molecule has 3 rings (SSSR count). The molecular weight excluding hydrogens is 260 g/mol. The van der Waals surface area contributed by atoms with Crippen LogP contribution < -0.4 is 5.32 Å². The van der Waals surface area contributed by atoms with Crippen LogP contribution in [-0.2, 0) is 19.6 Å². The van der Waals surface area contributed by atoms with Gasteiger partial charge in [-0.05, 0) is 50.6 Å². The van der Waals surface area contributed by atoms with Crippen LogP contribution in [0.4, 0.5) is 5.69 Å². The smallest absolute Gasteiger partial charge is 0.0948 e. The number of hydrogen-bond acceptors (Lipinski definition) is 3. The zero-order chi connectivity index (χ0) is 14.5. The fourth-order valence-corrected chi connectivity index (χ4v) is 2.90. The molecule has 1 aliphatic heterocycles. The largest absolute Gasteiger partial charge is 0.379 e. The second-order valence-corrected chi connectivity index (χ2v) is 5.70. The van der Waals surface area contributed by atoms with Crippen LogP contribution in [0.25, 0.3) is 0 Å². The van der Waals surface area contributed by atoms with Gasteiger partial charge in [-0.2, -0.15) is 0 Å². The van der Waals surface area contributed by atoms with Crippen molar-refractivity contribution in [2.45, 2.75) is 39.4 Å². The van der Waals surface area contributed by atoms with Gasteiger partial charge in [0.25, 0.3) is 0 Å². The highest BCUT2D eigenvalue weighted by atomic mass is 15.1. The minimum absolute atomic E-state index is 0.819. The van der Waals surface area contributed by atoms with E-state index in [0.717, 1.165) is 19.6 Å². The van der Waals surface area contributed by atoms with E-state index < -0.39 is 0 Å². The van der Waals surface area contributed by atoms with Crippen LogP contribution in [-0.4, -0.2) is 27.5 Å². The summed E-state index contributed by atoms with van der Waals surface area (Å²) in [5, 5.41) is 3.47. The predicted octanol–water partition coefficient (Wildman–Crippen LogP) is 3.11. The van der Waals surface area contributed by atoms with Gasteiger partial charge in [0.2, 0.25) is 0 Å². The Morgan fingerprint density at radius 1 is 1.14 bits per heavy atom. The third-order valence-corrected chi connectivity index (χ3v) is 4.17. The second kappa shape index (κ2) is 6.76. The molecule has 2 aromatic rings. The fourth-order valence-electron chi connectivity index (χ4n) is 2.90. The van der Waals surface area contributed by atoms with Crippen LogP contribution in [0.3, 0.4) is 0 Å². The van der Waals surface area contributed by atoms with E-state index in [-0.39, 0.29) is 0 Å². The molecule has 0 radical (unpaired) electrons. The van der Waals surface area contributed by atoms with E-state index in [0.29, 0.717) is 0 Å². The first-order valence-corrected chi connectivity index (χ1v) is 7.89. The number of anilines is 1. The van der Waals surface area contributed by atoms with Gasteiger partial charge in [0, 0.05) is 25.0 Å². The Balaban J connectivity index is 1.54. The van der Waals surface area contributed by atoms with Crippen molar-refractivity contribution in [3.8, 4) is 0 Å². The summed E-state index contributed by atoms with van der Waals surface area (Å²) in [6.45, 7) is 7.51. The Kier molecular flexibility index (Phi) is 4.55. The molecule has 0 unspecified atom stereocenters. The predicted molar refractivity (Wildman–Crippen MR) is 86.2 cm³/mol. The molecule has 4 nitrogen and oxygen atoms in total. The Hall–Kier alpha value is -1.81. The lowest BCUT2D eigenvalue weighted by atomic mass is 10.2. The molecule has 1 aliphatic rings. The Morgan fingerprint density at radius 3 is 2.62 bits per heavy atom. The van der Waals surface area contributed by atoms with E-state index in [2.05, 4.69) is 51.0 Å². The maximum absolute atomic E-state index is 4.19. The quantitative estimate of drug-likeness (QED) is 0.885. The minimum atomic E-state index is 0.819. The number of benzene rings is 1. The number of rotatable bonds is 6. The SMILES string of the molecule is CCn1cncc1CNc1ccc(CN2CCCC2)cc1. The van der Waals surface area contributed by atoms with Crippen molar-refractivity contribution >= 4 is 5.69 Å². The molecule has 0 aliphatic carbocycles. The van der Waals surface area contributed by atoms with Gasteiger partial charge in [-0.25, -0.2) is 4.98 Å². The number of imidazole rings is 1. The summed E-state index contributed by atoms with van der Waals surface area (Å²) in [6.07, 6.45) is 6.52. The monoisotopic (exact) mass is 284 g/mol. The molecule has 1 aromatic carbocycles. The number of aryl methyl sites for hydroxylation is 1. The number of hydrogen-bond donors (Lipinski definition) is 1. The van der Waals surface area contributed by atoms with Gasteiger partial charge in [0.1, 0.15) is 0 Å². The molecule has 1 saturated heterocycles. The van der Waals surface area contributed by atoms with Crippen molar-refractivity contribution in [1.29, 1.82) is 0 Å². The van der Waals surface area contributed by atoms with Crippen molar-refractivity contribution in [3.63, 3.8) is 0 Å². The maximum atomic E-state index is 4.19. The highest BCUT2D eigenvalue weighted by Crippen LogP contribution is 2.15. The molecule has 0 spiro atoms. The van der Waals surface area contributed by atoms with Crippen LogP contribution in [0, 0.1) is 0 Å². The average molecular weight is 284 g/mol. The van der Waals surface area contributed by atoms with Crippen molar-refractivity contribution in [2.24, 2.45) is 0 Å². The van der Waals surface area contributed by atoms with E-state index in [4.69, 9.17) is 0 Å². The third-order valence-electron chi connectivity index (χ3n) is 4.17. The third kappa shape index (κ3) is 3.64. The van der Waals surface area contributed by atoms with Crippen molar-refractivity contribution in [3.05, 3.63) is 48.0 Å². The lowest BCUT2D eigenvalue weighted by molar-refractivity contribution is 0.331. The van der Waals surface area contributed by atoms with E-state index in [9.17, 15) is 0 Å². The summed E-state index contributed by atoms with van der Waals surface area (Å²) in [6, 6.07) is 8.83. The van der Waals surface area contributed by atoms with Gasteiger partial charge < -0.3 is 9.88 Å². The summed E-state index contributed by atoms with van der Waals surface area (Å²) < 4.78 is 2.16. The molecule has 0 saturated carbocycles. The first-order chi connectivity index (χ1) is 10.3. The first kappa shape index (κ1) is 14.1. The average Bonchev–Trinajstić information content (AvgIpc) is 3.17. The number of nitrogens with one attached hydrogen (secondary N) is 1. The summed E-state index contributed by atoms with van der Waals surface area (Å²) in [5.41, 5.74) is 3.80. The topological polar surface area (TPSA) is 33.1 Å². The first-order valence-electron chi connectivity index (χ1n) is 7.89. The molecule has 0 atom stereocenters. The van der Waals surface area contributed by atoms with Gasteiger partial charge in [-0.15, -0.1) is 0 Å². The molecule has 0 amide bonds. The lowest BCUT2D eigenvalue weighted by Crippen LogP contribution is -2.18. The maximum Gasteiger partial charge on any atom is 0.0948 e. The summed E-state index contributed by atoms with van der Waals surface area (Å²) in [4.78, 5) is 6.72. The van der Waals surface area contributed by atoms with E-state index in [1.165, 1.54) is 42.9 Å². The summed E-state index contributed by atoms with van der Waals surface area (Å²) in [7, 11) is 0. The highest BCUT2D eigenvalue weighted by Gasteiger charge is 2.11. The molecule has 112 valence electrons. The van der Waals surface area contributed by atoms with Crippen LogP contribution in [0.2, 0.25) is 0 Å². The molecule has 2 heterocycles. The van der Waals surface area contributed by atoms with Gasteiger partial charge in [0.05, 0.1) is 18.6 Å².